The first-order chi connectivity index (χ1) is 13.1. The van der Waals surface area contributed by atoms with Gasteiger partial charge in [0.1, 0.15) is 6.23 Å². The van der Waals surface area contributed by atoms with Crippen LogP contribution in [-0.4, -0.2) is 34.7 Å². The molecule has 2 atom stereocenters. The maximum atomic E-state index is 12.8. The topological polar surface area (TPSA) is 84.7 Å². The summed E-state index contributed by atoms with van der Waals surface area (Å²) < 4.78 is 5.74. The molecule has 2 unspecified atom stereocenters. The van der Waals surface area contributed by atoms with Crippen LogP contribution in [0.2, 0.25) is 0 Å². The Bertz CT molecular complexity index is 780. The maximum absolute atomic E-state index is 12.8. The van der Waals surface area contributed by atoms with Crippen molar-refractivity contribution in [1.82, 2.24) is 10.4 Å². The molecule has 0 aromatic heterocycles. The zero-order valence-electron chi connectivity index (χ0n) is 15.2. The zero-order chi connectivity index (χ0) is 19.2. The Balaban J connectivity index is 1.66. The number of ether oxygens (including phenoxy) is 1. The first kappa shape index (κ1) is 19.0. The predicted molar refractivity (Wildman–Crippen MR) is 101 cm³/mol. The molecule has 0 spiro atoms. The van der Waals surface area contributed by atoms with Gasteiger partial charge in [0.25, 0.3) is 11.6 Å². The van der Waals surface area contributed by atoms with Crippen LogP contribution in [0.25, 0.3) is 0 Å². The molecule has 1 fully saturated rings. The van der Waals surface area contributed by atoms with Crippen molar-refractivity contribution in [3.63, 3.8) is 0 Å². The van der Waals surface area contributed by atoms with Crippen molar-refractivity contribution >= 4 is 11.6 Å². The average Bonchev–Trinajstić information content (AvgIpc) is 3.10. The summed E-state index contributed by atoms with van der Waals surface area (Å²) in [6.07, 6.45) is 2.16. The van der Waals surface area contributed by atoms with E-state index in [1.807, 2.05) is 25.1 Å². The second kappa shape index (κ2) is 8.75. The molecular weight excluding hydrogens is 346 g/mol. The molecule has 7 heteroatoms. The SMILES string of the molecule is CCOC1CC(CCc2ccccc2)NN1C(=O)c1ccc([N+](=O)[O-])cc1. The van der Waals surface area contributed by atoms with Gasteiger partial charge in [-0.2, -0.15) is 0 Å². The number of nitro benzene ring substituents is 1. The lowest BCUT2D eigenvalue weighted by atomic mass is 10.0. The van der Waals surface area contributed by atoms with E-state index >= 15 is 0 Å². The third-order valence-corrected chi connectivity index (χ3v) is 4.62. The summed E-state index contributed by atoms with van der Waals surface area (Å²) in [7, 11) is 0. The number of hydrogen-bond acceptors (Lipinski definition) is 5. The number of carbonyl (C=O) groups is 1. The van der Waals surface area contributed by atoms with E-state index < -0.39 is 4.92 Å². The van der Waals surface area contributed by atoms with Crippen LogP contribution in [-0.2, 0) is 11.2 Å². The number of nitrogens with zero attached hydrogens (tertiary/aromatic N) is 2. The molecule has 2 aromatic rings. The Kier molecular flexibility index (Phi) is 6.16. The van der Waals surface area contributed by atoms with Crippen molar-refractivity contribution in [3.8, 4) is 0 Å². The summed E-state index contributed by atoms with van der Waals surface area (Å²) >= 11 is 0. The second-order valence-electron chi connectivity index (χ2n) is 6.48. The Labute approximate surface area is 158 Å². The Morgan fingerprint density at radius 2 is 1.93 bits per heavy atom. The van der Waals surface area contributed by atoms with Gasteiger partial charge in [0, 0.05) is 36.8 Å². The van der Waals surface area contributed by atoms with E-state index in [9.17, 15) is 14.9 Å². The number of benzene rings is 2. The van der Waals surface area contributed by atoms with Crippen molar-refractivity contribution < 1.29 is 14.5 Å². The first-order valence-corrected chi connectivity index (χ1v) is 9.08. The highest BCUT2D eigenvalue weighted by Gasteiger charge is 2.35. The molecule has 0 aliphatic carbocycles. The van der Waals surface area contributed by atoms with Crippen molar-refractivity contribution in [3.05, 3.63) is 75.8 Å². The Morgan fingerprint density at radius 3 is 2.56 bits per heavy atom. The molecule has 1 saturated heterocycles. The third-order valence-electron chi connectivity index (χ3n) is 4.62. The molecule has 1 N–H and O–H groups in total. The number of aryl methyl sites for hydroxylation is 1. The Hall–Kier alpha value is -2.77. The van der Waals surface area contributed by atoms with E-state index in [0.29, 0.717) is 18.6 Å². The van der Waals surface area contributed by atoms with Gasteiger partial charge in [-0.3, -0.25) is 14.9 Å². The quantitative estimate of drug-likeness (QED) is 0.598. The fourth-order valence-corrected chi connectivity index (χ4v) is 3.24. The van der Waals surface area contributed by atoms with Gasteiger partial charge in [-0.05, 0) is 37.5 Å². The normalized spacial score (nSPS) is 19.2. The highest BCUT2D eigenvalue weighted by Crippen LogP contribution is 2.23. The van der Waals surface area contributed by atoms with Gasteiger partial charge >= 0.3 is 0 Å². The average molecular weight is 369 g/mol. The molecule has 0 bridgehead atoms. The number of non-ortho nitro benzene ring substituents is 1. The van der Waals surface area contributed by atoms with E-state index in [4.69, 9.17) is 4.74 Å². The van der Waals surface area contributed by atoms with Crippen molar-refractivity contribution in [2.24, 2.45) is 0 Å². The number of hydrogen-bond donors (Lipinski definition) is 1. The van der Waals surface area contributed by atoms with Crippen LogP contribution in [0.3, 0.4) is 0 Å². The molecule has 0 radical (unpaired) electrons. The smallest absolute Gasteiger partial charge is 0.270 e. The number of nitro groups is 1. The molecule has 1 amide bonds. The van der Waals surface area contributed by atoms with Gasteiger partial charge in [-0.25, -0.2) is 10.4 Å². The molecule has 2 aromatic carbocycles. The molecule has 3 rings (SSSR count). The number of rotatable bonds is 7. The van der Waals surface area contributed by atoms with Crippen molar-refractivity contribution in [2.45, 2.75) is 38.5 Å². The minimum atomic E-state index is -0.481. The van der Waals surface area contributed by atoms with Crippen LogP contribution in [0.4, 0.5) is 5.69 Å². The van der Waals surface area contributed by atoms with E-state index in [1.54, 1.807) is 0 Å². The molecule has 0 saturated carbocycles. The lowest BCUT2D eigenvalue weighted by Crippen LogP contribution is -2.45. The van der Waals surface area contributed by atoms with Crippen LogP contribution in [0, 0.1) is 10.1 Å². The van der Waals surface area contributed by atoms with E-state index in [0.717, 1.165) is 12.8 Å². The highest BCUT2D eigenvalue weighted by molar-refractivity contribution is 5.94. The maximum Gasteiger partial charge on any atom is 0.270 e. The van der Waals surface area contributed by atoms with Gasteiger partial charge < -0.3 is 4.74 Å². The van der Waals surface area contributed by atoms with Crippen LogP contribution < -0.4 is 5.43 Å². The minimum absolute atomic E-state index is 0.0389. The summed E-state index contributed by atoms with van der Waals surface area (Å²) in [4.78, 5) is 23.2. The van der Waals surface area contributed by atoms with Crippen LogP contribution in [0.1, 0.15) is 35.7 Å². The predicted octanol–water partition coefficient (Wildman–Crippen LogP) is 3.31. The highest BCUT2D eigenvalue weighted by atomic mass is 16.6. The molecule has 142 valence electrons. The first-order valence-electron chi connectivity index (χ1n) is 9.08. The third kappa shape index (κ3) is 4.69. The van der Waals surface area contributed by atoms with Crippen molar-refractivity contribution in [2.75, 3.05) is 6.61 Å². The molecule has 7 nitrogen and oxygen atoms in total. The van der Waals surface area contributed by atoms with Gasteiger partial charge in [0.05, 0.1) is 4.92 Å². The second-order valence-corrected chi connectivity index (χ2v) is 6.48. The standard InChI is InChI=1S/C20H23N3O4/c1-2-27-19-14-17(11-8-15-6-4-3-5-7-15)21-22(19)20(24)16-9-12-18(13-10-16)23(25)26/h3-7,9-10,12-13,17,19,21H,2,8,11,14H2,1H3. The fourth-order valence-electron chi connectivity index (χ4n) is 3.24. The number of nitrogens with one attached hydrogen (secondary N) is 1. The Morgan fingerprint density at radius 1 is 1.22 bits per heavy atom. The van der Waals surface area contributed by atoms with Gasteiger partial charge in [-0.1, -0.05) is 30.3 Å². The monoisotopic (exact) mass is 369 g/mol. The zero-order valence-corrected chi connectivity index (χ0v) is 15.2. The number of hydrazine groups is 1. The van der Waals surface area contributed by atoms with Crippen LogP contribution in [0.15, 0.2) is 54.6 Å². The minimum Gasteiger partial charge on any atom is -0.357 e. The van der Waals surface area contributed by atoms with E-state index in [-0.39, 0.29) is 23.9 Å². The van der Waals surface area contributed by atoms with E-state index in [1.165, 1.54) is 34.8 Å². The lowest BCUT2D eigenvalue weighted by molar-refractivity contribution is -0.384. The summed E-state index contributed by atoms with van der Waals surface area (Å²) in [5, 5.41) is 12.3. The van der Waals surface area contributed by atoms with Crippen molar-refractivity contribution in [1.29, 1.82) is 0 Å². The molecular formula is C20H23N3O4. The number of amides is 1. The van der Waals surface area contributed by atoms with E-state index in [2.05, 4.69) is 17.6 Å². The lowest BCUT2D eigenvalue weighted by Gasteiger charge is -2.24. The molecule has 27 heavy (non-hydrogen) atoms. The molecule has 1 aliphatic heterocycles. The largest absolute Gasteiger partial charge is 0.357 e. The van der Waals surface area contributed by atoms with Gasteiger partial charge in [-0.15, -0.1) is 0 Å². The van der Waals surface area contributed by atoms with Gasteiger partial charge in [0.15, 0.2) is 0 Å². The summed E-state index contributed by atoms with van der Waals surface area (Å²) in [5.41, 5.74) is 4.86. The summed E-state index contributed by atoms with van der Waals surface area (Å²) in [6.45, 7) is 2.40. The fraction of sp³-hybridized carbons (Fsp3) is 0.350. The van der Waals surface area contributed by atoms with Crippen LogP contribution in [0.5, 0.6) is 0 Å². The van der Waals surface area contributed by atoms with Gasteiger partial charge in [0.2, 0.25) is 0 Å². The summed E-state index contributed by atoms with van der Waals surface area (Å²) in [6, 6.07) is 16.0. The number of carbonyl (C=O) groups excluding carboxylic acids is 1. The van der Waals surface area contributed by atoms with Crippen LogP contribution >= 0.6 is 0 Å². The summed E-state index contributed by atoms with van der Waals surface area (Å²) in [5.74, 6) is -0.245. The molecule has 1 aliphatic rings. The molecule has 1 heterocycles.